The number of Topliss-reactive ketones (excluding diaryl/α,β-unsaturated/α-hetero) is 1. The zero-order chi connectivity index (χ0) is 15.6. The van der Waals surface area contributed by atoms with Gasteiger partial charge in [0.2, 0.25) is 0 Å². The molecule has 1 aromatic rings. The molecule has 1 atom stereocenters. The molecule has 0 bridgehead atoms. The van der Waals surface area contributed by atoms with Gasteiger partial charge in [-0.15, -0.1) is 5.10 Å². The first kappa shape index (κ1) is 16.1. The molecule has 0 radical (unpaired) electrons. The molecule has 2 rings (SSSR count). The van der Waals surface area contributed by atoms with Crippen molar-refractivity contribution in [3.8, 4) is 0 Å². The summed E-state index contributed by atoms with van der Waals surface area (Å²) in [6, 6.07) is 0.0265. The zero-order valence-corrected chi connectivity index (χ0v) is 14.0. The zero-order valence-electron chi connectivity index (χ0n) is 13.2. The fourth-order valence-electron chi connectivity index (χ4n) is 2.76. The van der Waals surface area contributed by atoms with Crippen LogP contribution in [0.5, 0.6) is 0 Å². The topological polar surface area (TPSA) is 63.2 Å². The Morgan fingerprint density at radius 3 is 2.67 bits per heavy atom. The van der Waals surface area contributed by atoms with E-state index in [1.165, 1.54) is 0 Å². The van der Waals surface area contributed by atoms with Crippen LogP contribution in [0.3, 0.4) is 0 Å². The summed E-state index contributed by atoms with van der Waals surface area (Å²) in [4.78, 5) is 26.8. The third kappa shape index (κ3) is 3.67. The van der Waals surface area contributed by atoms with E-state index in [4.69, 9.17) is 0 Å². The number of ketones is 1. The summed E-state index contributed by atoms with van der Waals surface area (Å²) in [5.74, 6) is 0.124. The standard InChI is InChI=1S/C15H23N3O2S/c1-10(19)9-11-7-5-6-8-18(11)14(20)12-13(15(2,3)4)16-17-21-12/h11H,5-9H2,1-4H3. The van der Waals surface area contributed by atoms with Crippen LogP contribution in [0.1, 0.15) is 68.7 Å². The highest BCUT2D eigenvalue weighted by molar-refractivity contribution is 7.08. The normalized spacial score (nSPS) is 19.6. The second-order valence-corrected chi connectivity index (χ2v) is 7.51. The molecule has 1 saturated heterocycles. The van der Waals surface area contributed by atoms with E-state index < -0.39 is 0 Å². The van der Waals surface area contributed by atoms with Crippen molar-refractivity contribution in [2.75, 3.05) is 6.54 Å². The van der Waals surface area contributed by atoms with Crippen molar-refractivity contribution in [3.63, 3.8) is 0 Å². The van der Waals surface area contributed by atoms with Crippen molar-refractivity contribution in [3.05, 3.63) is 10.6 Å². The molecule has 1 amide bonds. The van der Waals surface area contributed by atoms with Crippen LogP contribution >= 0.6 is 11.5 Å². The predicted molar refractivity (Wildman–Crippen MR) is 82.6 cm³/mol. The van der Waals surface area contributed by atoms with E-state index in [0.29, 0.717) is 11.3 Å². The van der Waals surface area contributed by atoms with Gasteiger partial charge in [-0.1, -0.05) is 25.3 Å². The number of aromatic nitrogens is 2. The third-order valence-corrected chi connectivity index (χ3v) is 4.52. The molecule has 1 unspecified atom stereocenters. The van der Waals surface area contributed by atoms with E-state index in [9.17, 15) is 9.59 Å². The summed E-state index contributed by atoms with van der Waals surface area (Å²) in [5.41, 5.74) is 0.550. The summed E-state index contributed by atoms with van der Waals surface area (Å²) in [6.07, 6.45) is 3.43. The Bertz CT molecular complexity index is 533. The molecular formula is C15H23N3O2S. The molecule has 1 aromatic heterocycles. The van der Waals surface area contributed by atoms with E-state index >= 15 is 0 Å². The van der Waals surface area contributed by atoms with Crippen molar-refractivity contribution >= 4 is 23.2 Å². The van der Waals surface area contributed by atoms with Crippen LogP contribution in [-0.2, 0) is 10.2 Å². The van der Waals surface area contributed by atoms with Crippen LogP contribution in [0, 0.1) is 0 Å². The highest BCUT2D eigenvalue weighted by Crippen LogP contribution is 2.29. The highest BCUT2D eigenvalue weighted by atomic mass is 32.1. The number of carbonyl (C=O) groups is 2. The molecule has 6 heteroatoms. The van der Waals surface area contributed by atoms with Crippen molar-refractivity contribution in [1.82, 2.24) is 14.5 Å². The number of carbonyl (C=O) groups excluding carboxylic acids is 2. The molecule has 0 N–H and O–H groups in total. The van der Waals surface area contributed by atoms with Gasteiger partial charge in [0.05, 0.1) is 5.69 Å². The molecule has 1 aliphatic rings. The molecule has 0 spiro atoms. The Hall–Kier alpha value is -1.30. The molecule has 2 heterocycles. The molecule has 0 aliphatic carbocycles. The fraction of sp³-hybridized carbons (Fsp3) is 0.733. The lowest BCUT2D eigenvalue weighted by Crippen LogP contribution is -2.44. The summed E-state index contributed by atoms with van der Waals surface area (Å²) in [6.45, 7) is 8.40. The lowest BCUT2D eigenvalue weighted by Gasteiger charge is -2.35. The van der Waals surface area contributed by atoms with Gasteiger partial charge in [0, 0.05) is 24.4 Å². The second-order valence-electron chi connectivity index (χ2n) is 6.75. The molecule has 116 valence electrons. The summed E-state index contributed by atoms with van der Waals surface area (Å²) >= 11 is 1.16. The number of likely N-dealkylation sites (tertiary alicyclic amines) is 1. The quantitative estimate of drug-likeness (QED) is 0.861. The molecular weight excluding hydrogens is 286 g/mol. The van der Waals surface area contributed by atoms with Gasteiger partial charge in [-0.3, -0.25) is 9.59 Å². The van der Waals surface area contributed by atoms with E-state index in [-0.39, 0.29) is 23.1 Å². The number of hydrogen-bond donors (Lipinski definition) is 0. The Balaban J connectivity index is 2.25. The van der Waals surface area contributed by atoms with Gasteiger partial charge in [0.1, 0.15) is 10.7 Å². The average Bonchev–Trinajstić information content (AvgIpc) is 2.87. The van der Waals surface area contributed by atoms with Crippen molar-refractivity contribution in [2.45, 2.75) is 64.8 Å². The minimum absolute atomic E-state index is 0.0131. The lowest BCUT2D eigenvalue weighted by atomic mass is 9.90. The molecule has 0 saturated carbocycles. The molecule has 1 fully saturated rings. The van der Waals surface area contributed by atoms with Gasteiger partial charge in [-0.25, -0.2) is 0 Å². The molecule has 5 nitrogen and oxygen atoms in total. The second kappa shape index (κ2) is 6.22. The minimum Gasteiger partial charge on any atom is -0.334 e. The number of rotatable bonds is 3. The van der Waals surface area contributed by atoms with E-state index in [2.05, 4.69) is 9.59 Å². The van der Waals surface area contributed by atoms with Crippen molar-refractivity contribution < 1.29 is 9.59 Å². The maximum Gasteiger partial charge on any atom is 0.267 e. The maximum atomic E-state index is 12.9. The van der Waals surface area contributed by atoms with Crippen LogP contribution in [0.4, 0.5) is 0 Å². The third-order valence-electron chi connectivity index (χ3n) is 3.80. The average molecular weight is 309 g/mol. The fourth-order valence-corrected chi connectivity index (χ4v) is 3.60. The van der Waals surface area contributed by atoms with E-state index in [1.54, 1.807) is 6.92 Å². The first-order valence-corrected chi connectivity index (χ1v) is 8.21. The van der Waals surface area contributed by atoms with Gasteiger partial charge in [0.25, 0.3) is 5.91 Å². The number of amides is 1. The van der Waals surface area contributed by atoms with E-state index in [1.807, 2.05) is 25.7 Å². The summed E-state index contributed by atoms with van der Waals surface area (Å²) in [5, 5.41) is 4.14. The van der Waals surface area contributed by atoms with Crippen LogP contribution in [0.15, 0.2) is 0 Å². The Kier molecular flexibility index (Phi) is 4.76. The molecule has 21 heavy (non-hydrogen) atoms. The van der Waals surface area contributed by atoms with Gasteiger partial charge in [-0.2, -0.15) is 0 Å². The van der Waals surface area contributed by atoms with Crippen LogP contribution in [-0.4, -0.2) is 38.8 Å². The van der Waals surface area contributed by atoms with Gasteiger partial charge >= 0.3 is 0 Å². The SMILES string of the molecule is CC(=O)CC1CCCCN1C(=O)c1snnc1C(C)(C)C. The molecule has 1 aliphatic heterocycles. The predicted octanol–water partition coefficient (Wildman–Crippen LogP) is 2.81. The minimum atomic E-state index is -0.205. The smallest absolute Gasteiger partial charge is 0.267 e. The Morgan fingerprint density at radius 2 is 2.05 bits per heavy atom. The maximum absolute atomic E-state index is 12.9. The van der Waals surface area contributed by atoms with Crippen molar-refractivity contribution in [2.24, 2.45) is 0 Å². The van der Waals surface area contributed by atoms with Gasteiger partial charge in [-0.05, 0) is 37.7 Å². The first-order valence-electron chi connectivity index (χ1n) is 7.44. The number of nitrogens with zero attached hydrogens (tertiary/aromatic N) is 3. The van der Waals surface area contributed by atoms with E-state index in [0.717, 1.165) is 43.0 Å². The lowest BCUT2D eigenvalue weighted by molar-refractivity contribution is -0.118. The monoisotopic (exact) mass is 309 g/mol. The van der Waals surface area contributed by atoms with Crippen LogP contribution in [0.2, 0.25) is 0 Å². The van der Waals surface area contributed by atoms with Crippen LogP contribution < -0.4 is 0 Å². The van der Waals surface area contributed by atoms with Gasteiger partial charge in [0.15, 0.2) is 0 Å². The number of hydrogen-bond acceptors (Lipinski definition) is 5. The highest BCUT2D eigenvalue weighted by Gasteiger charge is 2.33. The number of piperidine rings is 1. The summed E-state index contributed by atoms with van der Waals surface area (Å²) in [7, 11) is 0. The van der Waals surface area contributed by atoms with Crippen molar-refractivity contribution in [1.29, 1.82) is 0 Å². The molecule has 0 aromatic carbocycles. The first-order chi connectivity index (χ1) is 9.80. The Labute approximate surface area is 129 Å². The summed E-state index contributed by atoms with van der Waals surface area (Å²) < 4.78 is 3.97. The van der Waals surface area contributed by atoms with Crippen LogP contribution in [0.25, 0.3) is 0 Å². The Morgan fingerprint density at radius 1 is 1.33 bits per heavy atom. The largest absolute Gasteiger partial charge is 0.334 e. The van der Waals surface area contributed by atoms with Gasteiger partial charge < -0.3 is 4.90 Å².